The van der Waals surface area contributed by atoms with E-state index in [2.05, 4.69) is 25.6 Å². The number of phenols is 1. The third-order valence-corrected chi connectivity index (χ3v) is 4.72. The fourth-order valence-corrected chi connectivity index (χ4v) is 3.45. The molecule has 1 aromatic carbocycles. The van der Waals surface area contributed by atoms with Crippen LogP contribution >= 0.6 is 0 Å². The van der Waals surface area contributed by atoms with E-state index in [4.69, 9.17) is 0 Å². The molecule has 140 valence electrons. The summed E-state index contributed by atoms with van der Waals surface area (Å²) in [6.07, 6.45) is 3.14. The Hall–Kier alpha value is -3.49. The van der Waals surface area contributed by atoms with Gasteiger partial charge in [0.25, 0.3) is 5.56 Å². The van der Waals surface area contributed by atoms with Crippen molar-refractivity contribution in [2.75, 3.05) is 30.0 Å². The fraction of sp³-hybridized carbons (Fsp3) is 0.278. The maximum absolute atomic E-state index is 12.8. The lowest BCUT2D eigenvalue weighted by Gasteiger charge is -2.23. The van der Waals surface area contributed by atoms with Crippen molar-refractivity contribution in [2.24, 2.45) is 0 Å². The molecular weight excluding hydrogens is 348 g/mol. The Morgan fingerprint density at radius 2 is 2.26 bits per heavy atom. The normalized spacial score (nSPS) is 14.0. The van der Waals surface area contributed by atoms with Crippen LogP contribution in [0.1, 0.15) is 18.4 Å². The average Bonchev–Trinajstić information content (AvgIpc) is 3.24. The molecule has 3 aromatic rings. The quantitative estimate of drug-likeness (QED) is 0.459. The summed E-state index contributed by atoms with van der Waals surface area (Å²) >= 11 is 0. The van der Waals surface area contributed by atoms with Crippen LogP contribution in [0.2, 0.25) is 0 Å². The number of aromatic amines is 2. The fourth-order valence-electron chi connectivity index (χ4n) is 3.45. The monoisotopic (exact) mass is 368 g/mol. The number of nitrogens with zero attached hydrogens (tertiary/aromatic N) is 2. The summed E-state index contributed by atoms with van der Waals surface area (Å²) in [5.74, 6) is 0.0319. The second-order valence-corrected chi connectivity index (χ2v) is 6.41. The van der Waals surface area contributed by atoms with Gasteiger partial charge in [-0.2, -0.15) is 0 Å². The standard InChI is InChI=1S/C18H20N6O3/c1-2-19-17(26)13(12-6-20-14-4-3-10(25)5-11(12)14)7-24-9-23-15-16(24)21-8-22-18(15)27/h3-6,8,13,20,23,25H,2,7,9H2,1H3,(H,19,26)(H,21,22,27). The van der Waals surface area contributed by atoms with Crippen LogP contribution in [0.15, 0.2) is 35.5 Å². The molecule has 0 spiro atoms. The molecule has 1 aliphatic heterocycles. The molecule has 0 saturated carbocycles. The SMILES string of the molecule is CCNC(=O)C(CN1CNc2c1nc[nH]c2=O)c1c[nH]c2ccc(O)cc12. The number of aromatic nitrogens is 3. The van der Waals surface area contributed by atoms with Crippen molar-refractivity contribution in [2.45, 2.75) is 12.8 Å². The summed E-state index contributed by atoms with van der Waals surface area (Å²) in [5, 5.41) is 16.5. The number of anilines is 2. The number of hydrogen-bond donors (Lipinski definition) is 5. The summed E-state index contributed by atoms with van der Waals surface area (Å²) < 4.78 is 0. The lowest BCUT2D eigenvalue weighted by atomic mass is 9.96. The first kappa shape index (κ1) is 17.0. The Balaban J connectivity index is 1.73. The minimum atomic E-state index is -0.505. The van der Waals surface area contributed by atoms with Crippen molar-refractivity contribution >= 4 is 28.3 Å². The first-order valence-corrected chi connectivity index (χ1v) is 8.72. The lowest BCUT2D eigenvalue weighted by Crippen LogP contribution is -2.37. The number of nitrogens with one attached hydrogen (secondary N) is 4. The van der Waals surface area contributed by atoms with Gasteiger partial charge in [-0.05, 0) is 30.7 Å². The molecule has 0 saturated heterocycles. The highest BCUT2D eigenvalue weighted by Gasteiger charge is 2.30. The second-order valence-electron chi connectivity index (χ2n) is 6.41. The Morgan fingerprint density at radius 3 is 3.07 bits per heavy atom. The van der Waals surface area contributed by atoms with Gasteiger partial charge in [0.15, 0.2) is 5.82 Å². The zero-order chi connectivity index (χ0) is 19.0. The van der Waals surface area contributed by atoms with Gasteiger partial charge in [0.05, 0.1) is 18.9 Å². The molecule has 1 amide bonds. The number of rotatable bonds is 5. The van der Waals surface area contributed by atoms with Crippen LogP contribution in [0.25, 0.3) is 10.9 Å². The van der Waals surface area contributed by atoms with Gasteiger partial charge in [-0.3, -0.25) is 9.59 Å². The van der Waals surface area contributed by atoms with E-state index in [-0.39, 0.29) is 17.2 Å². The second kappa shape index (κ2) is 6.67. The third kappa shape index (κ3) is 2.97. The number of phenolic OH excluding ortho intramolecular Hbond substituents is 1. The van der Waals surface area contributed by atoms with E-state index in [1.165, 1.54) is 6.33 Å². The zero-order valence-electron chi connectivity index (χ0n) is 14.7. The van der Waals surface area contributed by atoms with E-state index < -0.39 is 5.92 Å². The number of aromatic hydroxyl groups is 1. The molecule has 1 aliphatic rings. The molecule has 0 radical (unpaired) electrons. The Bertz CT molecular complexity index is 1060. The van der Waals surface area contributed by atoms with Gasteiger partial charge in [0, 0.05) is 30.2 Å². The van der Waals surface area contributed by atoms with Gasteiger partial charge in [-0.1, -0.05) is 0 Å². The molecule has 0 fully saturated rings. The molecule has 2 aromatic heterocycles. The Labute approximate surface area is 154 Å². The van der Waals surface area contributed by atoms with Crippen molar-refractivity contribution in [1.82, 2.24) is 20.3 Å². The van der Waals surface area contributed by atoms with Crippen LogP contribution in [-0.2, 0) is 4.79 Å². The summed E-state index contributed by atoms with van der Waals surface area (Å²) in [5.41, 5.74) is 1.79. The van der Waals surface area contributed by atoms with Crippen LogP contribution in [0.4, 0.5) is 11.5 Å². The highest BCUT2D eigenvalue weighted by atomic mass is 16.3. The van der Waals surface area contributed by atoms with Gasteiger partial charge in [0.1, 0.15) is 11.4 Å². The highest BCUT2D eigenvalue weighted by molar-refractivity contribution is 5.93. The van der Waals surface area contributed by atoms with Gasteiger partial charge >= 0.3 is 0 Å². The van der Waals surface area contributed by atoms with Gasteiger partial charge in [-0.25, -0.2) is 4.98 Å². The van der Waals surface area contributed by atoms with Gasteiger partial charge in [-0.15, -0.1) is 0 Å². The molecule has 9 heteroatoms. The number of H-pyrrole nitrogens is 2. The largest absolute Gasteiger partial charge is 0.508 e. The van der Waals surface area contributed by atoms with Crippen LogP contribution in [-0.4, -0.2) is 45.7 Å². The first-order chi connectivity index (χ1) is 13.1. The molecule has 0 aliphatic carbocycles. The van der Waals surface area contributed by atoms with E-state index in [0.717, 1.165) is 16.5 Å². The van der Waals surface area contributed by atoms with E-state index in [1.54, 1.807) is 24.4 Å². The summed E-state index contributed by atoms with van der Waals surface area (Å²) in [7, 11) is 0. The molecule has 5 N–H and O–H groups in total. The van der Waals surface area contributed by atoms with E-state index >= 15 is 0 Å². The molecular formula is C18H20N6O3. The number of fused-ring (bicyclic) bond motifs is 2. The number of carbonyl (C=O) groups excluding carboxylic acids is 1. The topological polar surface area (TPSA) is 126 Å². The lowest BCUT2D eigenvalue weighted by molar-refractivity contribution is -0.122. The van der Waals surface area contributed by atoms with Crippen LogP contribution < -0.4 is 21.1 Å². The van der Waals surface area contributed by atoms with E-state index in [0.29, 0.717) is 31.3 Å². The van der Waals surface area contributed by atoms with Crippen LogP contribution in [0, 0.1) is 0 Å². The van der Waals surface area contributed by atoms with Crippen molar-refractivity contribution in [3.63, 3.8) is 0 Å². The number of benzene rings is 1. The first-order valence-electron chi connectivity index (χ1n) is 8.72. The zero-order valence-corrected chi connectivity index (χ0v) is 14.7. The summed E-state index contributed by atoms with van der Waals surface area (Å²) in [6, 6.07) is 5.02. The maximum Gasteiger partial charge on any atom is 0.276 e. The third-order valence-electron chi connectivity index (χ3n) is 4.72. The Kier molecular flexibility index (Phi) is 4.19. The van der Waals surface area contributed by atoms with Gasteiger partial charge in [0.2, 0.25) is 5.91 Å². The molecule has 27 heavy (non-hydrogen) atoms. The number of hydrogen-bond acceptors (Lipinski definition) is 6. The smallest absolute Gasteiger partial charge is 0.276 e. The van der Waals surface area contributed by atoms with E-state index in [1.807, 2.05) is 11.8 Å². The number of likely N-dealkylation sites (N-methyl/N-ethyl adjacent to an activating group) is 1. The minimum Gasteiger partial charge on any atom is -0.508 e. The van der Waals surface area contributed by atoms with Gasteiger partial charge < -0.3 is 30.6 Å². The molecule has 1 unspecified atom stereocenters. The summed E-state index contributed by atoms with van der Waals surface area (Å²) in [4.78, 5) is 36.5. The van der Waals surface area contributed by atoms with E-state index in [9.17, 15) is 14.7 Å². The molecule has 3 heterocycles. The van der Waals surface area contributed by atoms with Crippen molar-refractivity contribution in [3.05, 3.63) is 46.6 Å². The number of amides is 1. The number of carbonyl (C=O) groups is 1. The molecule has 4 rings (SSSR count). The Morgan fingerprint density at radius 1 is 1.41 bits per heavy atom. The predicted octanol–water partition coefficient (Wildman–Crippen LogP) is 1.07. The molecule has 1 atom stereocenters. The molecule has 9 nitrogen and oxygen atoms in total. The van der Waals surface area contributed by atoms with Crippen molar-refractivity contribution in [1.29, 1.82) is 0 Å². The predicted molar refractivity (Wildman–Crippen MR) is 102 cm³/mol. The average molecular weight is 368 g/mol. The van der Waals surface area contributed by atoms with Crippen LogP contribution in [0.3, 0.4) is 0 Å². The van der Waals surface area contributed by atoms with Crippen LogP contribution in [0.5, 0.6) is 5.75 Å². The minimum absolute atomic E-state index is 0.125. The maximum atomic E-state index is 12.8. The molecule has 0 bridgehead atoms. The highest BCUT2D eigenvalue weighted by Crippen LogP contribution is 2.32. The van der Waals surface area contributed by atoms with Crippen molar-refractivity contribution < 1.29 is 9.90 Å². The van der Waals surface area contributed by atoms with Crippen molar-refractivity contribution in [3.8, 4) is 5.75 Å². The summed E-state index contributed by atoms with van der Waals surface area (Å²) in [6.45, 7) is 3.10.